The minimum absolute atomic E-state index is 0.0168. The van der Waals surface area contributed by atoms with Crippen molar-refractivity contribution in [3.05, 3.63) is 25.3 Å². The van der Waals surface area contributed by atoms with Crippen molar-refractivity contribution >= 4 is 45.5 Å². The molecule has 1 spiro atoms. The summed E-state index contributed by atoms with van der Waals surface area (Å²) in [4.78, 5) is 45.1. The first-order chi connectivity index (χ1) is 17.0. The van der Waals surface area contributed by atoms with Gasteiger partial charge in [-0.3, -0.25) is 14.4 Å². The van der Waals surface area contributed by atoms with Gasteiger partial charge in [-0.25, -0.2) is 0 Å². The van der Waals surface area contributed by atoms with Crippen molar-refractivity contribution in [2.24, 2.45) is 11.8 Å². The number of carbonyl (C=O) groups excluding carboxylic acids is 3. The fourth-order valence-electron chi connectivity index (χ4n) is 6.05. The van der Waals surface area contributed by atoms with Gasteiger partial charge in [0.05, 0.1) is 35.8 Å². The predicted octanol–water partition coefficient (Wildman–Crippen LogP) is 3.93. The Morgan fingerprint density at radius 2 is 2.03 bits per heavy atom. The molecule has 9 heteroatoms. The molecule has 0 aromatic rings. The van der Waals surface area contributed by atoms with Crippen molar-refractivity contribution in [1.82, 2.24) is 9.80 Å². The Kier molecular flexibility index (Phi) is 9.42. The molecule has 1 N–H and O–H groups in total. The molecule has 3 aliphatic heterocycles. The van der Waals surface area contributed by atoms with E-state index in [1.54, 1.807) is 27.6 Å². The summed E-state index contributed by atoms with van der Waals surface area (Å²) >= 11 is 5.36. The number of amides is 2. The molecule has 3 rings (SSSR count). The first-order valence-corrected chi connectivity index (χ1v) is 14.7. The van der Waals surface area contributed by atoms with E-state index in [2.05, 4.69) is 29.1 Å². The second kappa shape index (κ2) is 11.6. The molecule has 202 valence electrons. The van der Waals surface area contributed by atoms with Crippen LogP contribution in [0.4, 0.5) is 0 Å². The number of rotatable bonds is 12. The molecule has 7 atom stereocenters. The van der Waals surface area contributed by atoms with E-state index in [0.717, 1.165) is 19.3 Å². The molecule has 7 nitrogen and oxygen atoms in total. The Labute approximate surface area is 228 Å². The highest BCUT2D eigenvalue weighted by Crippen LogP contribution is 2.68. The lowest BCUT2D eigenvalue weighted by Gasteiger charge is -2.43. The fraction of sp³-hybridized carbons (Fsp3) is 0.741. The maximum atomic E-state index is 14.3. The lowest BCUT2D eigenvalue weighted by Crippen LogP contribution is -2.60. The Morgan fingerprint density at radius 3 is 2.58 bits per heavy atom. The van der Waals surface area contributed by atoms with E-state index in [-0.39, 0.29) is 34.5 Å². The van der Waals surface area contributed by atoms with Gasteiger partial charge in [0.15, 0.2) is 0 Å². The van der Waals surface area contributed by atoms with Crippen LogP contribution in [-0.2, 0) is 19.1 Å². The number of alkyl halides is 1. The maximum Gasteiger partial charge on any atom is 0.310 e. The average Bonchev–Trinajstić information content (AvgIpc) is 3.41. The molecule has 3 unspecified atom stereocenters. The zero-order valence-corrected chi connectivity index (χ0v) is 24.4. The monoisotopic (exact) mass is 584 g/mol. The van der Waals surface area contributed by atoms with Crippen LogP contribution in [0.5, 0.6) is 0 Å². The molecule has 0 aliphatic carbocycles. The minimum Gasteiger partial charge on any atom is -0.465 e. The van der Waals surface area contributed by atoms with Gasteiger partial charge in [-0.15, -0.1) is 24.9 Å². The first kappa shape index (κ1) is 29.2. The number of aliphatic hydroxyl groups excluding tert-OH is 1. The van der Waals surface area contributed by atoms with Crippen molar-refractivity contribution in [3.63, 3.8) is 0 Å². The van der Waals surface area contributed by atoms with E-state index in [1.807, 2.05) is 33.8 Å². The number of allylic oxidation sites excluding steroid dienone is 1. The highest BCUT2D eigenvalue weighted by molar-refractivity contribution is 9.09. The Morgan fingerprint density at radius 1 is 1.33 bits per heavy atom. The van der Waals surface area contributed by atoms with Crippen LogP contribution < -0.4 is 0 Å². The van der Waals surface area contributed by atoms with E-state index in [4.69, 9.17) is 4.74 Å². The van der Waals surface area contributed by atoms with E-state index in [1.165, 1.54) is 0 Å². The zero-order chi connectivity index (χ0) is 26.8. The molecule has 3 fully saturated rings. The van der Waals surface area contributed by atoms with Crippen LogP contribution in [0.15, 0.2) is 25.3 Å². The van der Waals surface area contributed by atoms with Gasteiger partial charge < -0.3 is 19.6 Å². The third-order valence-electron chi connectivity index (χ3n) is 7.74. The molecule has 2 amide bonds. The second-order valence-corrected chi connectivity index (χ2v) is 13.7. The maximum absolute atomic E-state index is 14.3. The molecular weight excluding hydrogens is 544 g/mol. The summed E-state index contributed by atoms with van der Waals surface area (Å²) in [7, 11) is 0. The SMILES string of the molecule is C=CCCCCOC(=O)[C@H]1[C@@H]2SC3(CC2Br)C(C(=O)N(CC=C)C(C)(C)C)N([C@@H](CC)CO)C(=O)[C@H]13. The number of esters is 1. The minimum atomic E-state index is -0.772. The number of aliphatic hydroxyl groups is 1. The fourth-order valence-corrected chi connectivity index (χ4v) is 9.64. The number of fused-ring (bicyclic) bond motifs is 1. The van der Waals surface area contributed by atoms with E-state index in [0.29, 0.717) is 26.0 Å². The van der Waals surface area contributed by atoms with Gasteiger partial charge in [0.1, 0.15) is 6.04 Å². The number of thioether (sulfide) groups is 1. The summed E-state index contributed by atoms with van der Waals surface area (Å²) in [5.41, 5.74) is -0.492. The van der Waals surface area contributed by atoms with E-state index < -0.39 is 34.2 Å². The van der Waals surface area contributed by atoms with Crippen LogP contribution in [0.3, 0.4) is 0 Å². The number of ether oxygens (including phenoxy) is 1. The molecule has 0 aromatic heterocycles. The van der Waals surface area contributed by atoms with E-state index in [9.17, 15) is 19.5 Å². The van der Waals surface area contributed by atoms with Crippen LogP contribution in [0.1, 0.15) is 59.8 Å². The van der Waals surface area contributed by atoms with Crippen molar-refractivity contribution < 1.29 is 24.2 Å². The topological polar surface area (TPSA) is 87.2 Å². The highest BCUT2D eigenvalue weighted by Gasteiger charge is 2.76. The summed E-state index contributed by atoms with van der Waals surface area (Å²) in [5, 5.41) is 10.1. The lowest BCUT2D eigenvalue weighted by atomic mass is 9.71. The average molecular weight is 586 g/mol. The molecule has 0 saturated carbocycles. The molecule has 36 heavy (non-hydrogen) atoms. The molecule has 0 radical (unpaired) electrons. The Hall–Kier alpha value is -1.32. The lowest BCUT2D eigenvalue weighted by molar-refractivity contribution is -0.154. The summed E-state index contributed by atoms with van der Waals surface area (Å²) in [6.45, 7) is 15.8. The van der Waals surface area contributed by atoms with Gasteiger partial charge in [0.2, 0.25) is 11.8 Å². The highest BCUT2D eigenvalue weighted by atomic mass is 79.9. The van der Waals surface area contributed by atoms with Crippen molar-refractivity contribution in [2.45, 2.75) is 92.2 Å². The number of halogens is 1. The van der Waals surface area contributed by atoms with Gasteiger partial charge in [-0.2, -0.15) is 0 Å². The molecule has 0 aromatic carbocycles. The van der Waals surface area contributed by atoms with Gasteiger partial charge >= 0.3 is 5.97 Å². The Balaban J connectivity index is 2.01. The number of carbonyl (C=O) groups is 3. The van der Waals surface area contributed by atoms with Crippen LogP contribution in [-0.4, -0.2) is 84.9 Å². The predicted molar refractivity (Wildman–Crippen MR) is 147 cm³/mol. The summed E-state index contributed by atoms with van der Waals surface area (Å²) in [6.07, 6.45) is 7.13. The van der Waals surface area contributed by atoms with Gasteiger partial charge in [0.25, 0.3) is 0 Å². The zero-order valence-electron chi connectivity index (χ0n) is 22.0. The molecule has 3 heterocycles. The number of nitrogens with zero attached hydrogens (tertiary/aromatic N) is 2. The van der Waals surface area contributed by atoms with Gasteiger partial charge in [-0.1, -0.05) is 35.0 Å². The van der Waals surface area contributed by atoms with Crippen LogP contribution in [0.25, 0.3) is 0 Å². The summed E-state index contributed by atoms with van der Waals surface area (Å²) in [6, 6.07) is -1.27. The van der Waals surface area contributed by atoms with Crippen LogP contribution in [0.2, 0.25) is 0 Å². The summed E-state index contributed by atoms with van der Waals surface area (Å²) < 4.78 is 4.92. The van der Waals surface area contributed by atoms with Crippen LogP contribution >= 0.6 is 27.7 Å². The quantitative estimate of drug-likeness (QED) is 0.162. The first-order valence-electron chi connectivity index (χ1n) is 12.9. The third kappa shape index (κ3) is 5.04. The smallest absolute Gasteiger partial charge is 0.310 e. The van der Waals surface area contributed by atoms with Crippen LogP contribution in [0, 0.1) is 11.8 Å². The molecule has 2 bridgehead atoms. The normalized spacial score (nSPS) is 31.8. The van der Waals surface area contributed by atoms with Crippen molar-refractivity contribution in [2.75, 3.05) is 19.8 Å². The van der Waals surface area contributed by atoms with Crippen molar-refractivity contribution in [1.29, 1.82) is 0 Å². The number of unbranched alkanes of at least 4 members (excludes halogenated alkanes) is 2. The standard InChI is InChI=1S/C27H41BrN2O5S/c1-7-10-11-12-14-35-25(34)19-20-23(32)30(17(9-3)16-31)22(27(20)15-18(28)21(19)36-27)24(33)29(13-8-2)26(4,5)6/h7-8,17-22,31H,1-2,9-16H2,3-6H3/t17-,18?,19+,20-,21+,22?,27?/m0/s1. The van der Waals surface area contributed by atoms with Gasteiger partial charge in [-0.05, 0) is 52.9 Å². The summed E-state index contributed by atoms with van der Waals surface area (Å²) in [5.74, 6) is -2.01. The van der Waals surface area contributed by atoms with E-state index >= 15 is 0 Å². The molecule has 3 aliphatic rings. The Bertz CT molecular complexity index is 873. The number of hydrogen-bond acceptors (Lipinski definition) is 6. The van der Waals surface area contributed by atoms with Gasteiger partial charge in [0, 0.05) is 22.2 Å². The molecule has 3 saturated heterocycles. The second-order valence-electron chi connectivity index (χ2n) is 11.0. The largest absolute Gasteiger partial charge is 0.465 e. The number of likely N-dealkylation sites (tertiary alicyclic amines) is 1. The number of hydrogen-bond donors (Lipinski definition) is 1. The third-order valence-corrected chi connectivity index (χ3v) is 11.0. The molecular formula is C27H41BrN2O5S. The van der Waals surface area contributed by atoms with Crippen molar-refractivity contribution in [3.8, 4) is 0 Å².